The van der Waals surface area contributed by atoms with Gasteiger partial charge in [-0.2, -0.15) is 0 Å². The van der Waals surface area contributed by atoms with Gasteiger partial charge in [-0.15, -0.1) is 0 Å². The maximum absolute atomic E-state index is 3.63. The van der Waals surface area contributed by atoms with Gasteiger partial charge in [-0.25, -0.2) is 0 Å². The Morgan fingerprint density at radius 3 is 2.73 bits per heavy atom. The highest BCUT2D eigenvalue weighted by atomic mass is 79.9. The van der Waals surface area contributed by atoms with Crippen molar-refractivity contribution in [3.05, 3.63) is 46.4 Å². The molecule has 0 atom stereocenters. The molecule has 3 rings (SSSR count). The predicted octanol–water partition coefficient (Wildman–Crippen LogP) is 4.39. The fourth-order valence-corrected chi connectivity index (χ4v) is 2.86. The number of H-pyrrole nitrogens is 1. The van der Waals surface area contributed by atoms with E-state index in [0.29, 0.717) is 0 Å². The van der Waals surface area contributed by atoms with Gasteiger partial charge in [0, 0.05) is 26.3 Å². The second kappa shape index (κ2) is 3.11. The van der Waals surface area contributed by atoms with E-state index in [0.717, 1.165) is 4.47 Å². The first-order valence-electron chi connectivity index (χ1n) is 4.92. The highest BCUT2D eigenvalue weighted by molar-refractivity contribution is 9.10. The SMILES string of the molecule is Cc1cc(Br)c2c(c1)[nH]c1ccccc12. The zero-order valence-corrected chi connectivity index (χ0v) is 9.93. The predicted molar refractivity (Wildman–Crippen MR) is 68.2 cm³/mol. The third-order valence-corrected chi connectivity index (χ3v) is 3.33. The van der Waals surface area contributed by atoms with Gasteiger partial charge in [0.1, 0.15) is 0 Å². The Morgan fingerprint density at radius 2 is 1.87 bits per heavy atom. The van der Waals surface area contributed by atoms with Crippen LogP contribution in [0.5, 0.6) is 0 Å². The minimum atomic E-state index is 1.16. The van der Waals surface area contributed by atoms with Crippen LogP contribution in [0.15, 0.2) is 40.9 Å². The van der Waals surface area contributed by atoms with Gasteiger partial charge in [0.05, 0.1) is 0 Å². The standard InChI is InChI=1S/C13H10BrN/c1-8-6-10(14)13-9-4-2-3-5-11(9)15-12(13)7-8/h2-7,15H,1H3. The zero-order chi connectivity index (χ0) is 10.4. The number of aromatic amines is 1. The number of hydrogen-bond donors (Lipinski definition) is 1. The van der Waals surface area contributed by atoms with E-state index in [9.17, 15) is 0 Å². The molecule has 74 valence electrons. The van der Waals surface area contributed by atoms with E-state index in [1.165, 1.54) is 27.4 Å². The summed E-state index contributed by atoms with van der Waals surface area (Å²) in [6, 6.07) is 12.7. The fraction of sp³-hybridized carbons (Fsp3) is 0.0769. The summed E-state index contributed by atoms with van der Waals surface area (Å²) in [6.07, 6.45) is 0. The van der Waals surface area contributed by atoms with Gasteiger partial charge < -0.3 is 4.98 Å². The Kier molecular flexibility index (Phi) is 1.86. The first-order chi connectivity index (χ1) is 7.25. The minimum absolute atomic E-state index is 1.16. The number of fused-ring (bicyclic) bond motifs is 3. The lowest BCUT2D eigenvalue weighted by molar-refractivity contribution is 1.46. The lowest BCUT2D eigenvalue weighted by Crippen LogP contribution is -1.74. The number of hydrogen-bond acceptors (Lipinski definition) is 0. The topological polar surface area (TPSA) is 15.8 Å². The summed E-state index contributed by atoms with van der Waals surface area (Å²) in [5.74, 6) is 0. The fourth-order valence-electron chi connectivity index (χ4n) is 2.07. The molecular weight excluding hydrogens is 250 g/mol. The first kappa shape index (κ1) is 8.98. The molecule has 0 fully saturated rings. The molecule has 0 aliphatic heterocycles. The third kappa shape index (κ3) is 1.29. The van der Waals surface area contributed by atoms with Crippen molar-refractivity contribution in [1.82, 2.24) is 4.98 Å². The van der Waals surface area contributed by atoms with Crippen LogP contribution in [0, 0.1) is 6.92 Å². The van der Waals surface area contributed by atoms with Gasteiger partial charge in [0.2, 0.25) is 0 Å². The molecule has 0 spiro atoms. The summed E-state index contributed by atoms with van der Waals surface area (Å²) in [5, 5.41) is 2.55. The summed E-state index contributed by atoms with van der Waals surface area (Å²) >= 11 is 3.63. The summed E-state index contributed by atoms with van der Waals surface area (Å²) < 4.78 is 1.16. The van der Waals surface area contributed by atoms with Crippen LogP contribution in [-0.2, 0) is 0 Å². The van der Waals surface area contributed by atoms with Crippen LogP contribution in [0.25, 0.3) is 21.8 Å². The van der Waals surface area contributed by atoms with Crippen LogP contribution < -0.4 is 0 Å². The smallest absolute Gasteiger partial charge is 0.0478 e. The number of nitrogens with one attached hydrogen (secondary N) is 1. The van der Waals surface area contributed by atoms with Gasteiger partial charge in [-0.05, 0) is 30.7 Å². The molecule has 2 aromatic carbocycles. The van der Waals surface area contributed by atoms with E-state index in [-0.39, 0.29) is 0 Å². The number of para-hydroxylation sites is 1. The summed E-state index contributed by atoms with van der Waals surface area (Å²) in [6.45, 7) is 2.11. The first-order valence-corrected chi connectivity index (χ1v) is 5.71. The van der Waals surface area contributed by atoms with Crippen molar-refractivity contribution in [2.75, 3.05) is 0 Å². The van der Waals surface area contributed by atoms with Crippen LogP contribution in [0.2, 0.25) is 0 Å². The van der Waals surface area contributed by atoms with Gasteiger partial charge in [0.15, 0.2) is 0 Å². The number of aryl methyl sites for hydroxylation is 1. The Labute approximate surface area is 96.2 Å². The van der Waals surface area contributed by atoms with Crippen molar-refractivity contribution in [2.24, 2.45) is 0 Å². The molecule has 0 aliphatic carbocycles. The van der Waals surface area contributed by atoms with Crippen LogP contribution in [0.1, 0.15) is 5.56 Å². The molecule has 1 aromatic heterocycles. The molecule has 0 radical (unpaired) electrons. The second-order valence-electron chi connectivity index (χ2n) is 3.84. The lowest BCUT2D eigenvalue weighted by atomic mass is 10.1. The minimum Gasteiger partial charge on any atom is -0.354 e. The molecule has 0 aliphatic rings. The highest BCUT2D eigenvalue weighted by Crippen LogP contribution is 2.32. The van der Waals surface area contributed by atoms with Gasteiger partial charge in [0.25, 0.3) is 0 Å². The van der Waals surface area contributed by atoms with Crippen LogP contribution in [0.3, 0.4) is 0 Å². The average Bonchev–Trinajstić information content (AvgIpc) is 2.54. The van der Waals surface area contributed by atoms with E-state index in [1.807, 2.05) is 0 Å². The Balaban J connectivity index is 2.61. The quantitative estimate of drug-likeness (QED) is 0.617. The van der Waals surface area contributed by atoms with Gasteiger partial charge in [-0.3, -0.25) is 0 Å². The molecule has 3 aromatic rings. The average molecular weight is 260 g/mol. The summed E-state index contributed by atoms with van der Waals surface area (Å²) in [4.78, 5) is 3.43. The third-order valence-electron chi connectivity index (χ3n) is 2.70. The lowest BCUT2D eigenvalue weighted by Gasteiger charge is -1.97. The van der Waals surface area contributed by atoms with Crippen molar-refractivity contribution in [2.45, 2.75) is 6.92 Å². The largest absolute Gasteiger partial charge is 0.354 e. The number of aromatic nitrogens is 1. The van der Waals surface area contributed by atoms with E-state index in [1.54, 1.807) is 0 Å². The van der Waals surface area contributed by atoms with E-state index in [2.05, 4.69) is 64.2 Å². The van der Waals surface area contributed by atoms with Crippen molar-refractivity contribution in [1.29, 1.82) is 0 Å². The van der Waals surface area contributed by atoms with Gasteiger partial charge in [-0.1, -0.05) is 34.1 Å². The Bertz CT molecular complexity index is 652. The molecule has 15 heavy (non-hydrogen) atoms. The molecule has 2 heteroatoms. The van der Waals surface area contributed by atoms with Crippen LogP contribution in [-0.4, -0.2) is 4.98 Å². The maximum atomic E-state index is 3.63. The normalized spacial score (nSPS) is 11.3. The second-order valence-corrected chi connectivity index (χ2v) is 4.69. The Morgan fingerprint density at radius 1 is 1.07 bits per heavy atom. The number of benzene rings is 2. The van der Waals surface area contributed by atoms with Crippen molar-refractivity contribution in [3.8, 4) is 0 Å². The molecule has 0 unspecified atom stereocenters. The number of halogens is 1. The van der Waals surface area contributed by atoms with Gasteiger partial charge >= 0.3 is 0 Å². The van der Waals surface area contributed by atoms with Crippen molar-refractivity contribution < 1.29 is 0 Å². The molecule has 0 bridgehead atoms. The summed E-state index contributed by atoms with van der Waals surface area (Å²) in [5.41, 5.74) is 3.66. The maximum Gasteiger partial charge on any atom is 0.0478 e. The van der Waals surface area contributed by atoms with Crippen molar-refractivity contribution in [3.63, 3.8) is 0 Å². The molecule has 0 amide bonds. The molecular formula is C13H10BrN. The number of rotatable bonds is 0. The zero-order valence-electron chi connectivity index (χ0n) is 8.34. The molecule has 0 saturated carbocycles. The van der Waals surface area contributed by atoms with Crippen molar-refractivity contribution >= 4 is 37.7 Å². The summed E-state index contributed by atoms with van der Waals surface area (Å²) in [7, 11) is 0. The van der Waals surface area contributed by atoms with Crippen LogP contribution in [0.4, 0.5) is 0 Å². The van der Waals surface area contributed by atoms with E-state index >= 15 is 0 Å². The molecule has 1 N–H and O–H groups in total. The molecule has 0 saturated heterocycles. The highest BCUT2D eigenvalue weighted by Gasteiger charge is 2.06. The molecule has 1 heterocycles. The monoisotopic (exact) mass is 259 g/mol. The van der Waals surface area contributed by atoms with E-state index in [4.69, 9.17) is 0 Å². The van der Waals surface area contributed by atoms with Crippen LogP contribution >= 0.6 is 15.9 Å². The van der Waals surface area contributed by atoms with E-state index < -0.39 is 0 Å². The Hall–Kier alpha value is -1.28. The molecule has 1 nitrogen and oxygen atoms in total.